The molecular weight excluding hydrogens is 124 g/mol. The Labute approximate surface area is 54.2 Å². The molecule has 0 aromatic rings. The van der Waals surface area contributed by atoms with Crippen molar-refractivity contribution >= 4 is 16.9 Å². The van der Waals surface area contributed by atoms with Crippen molar-refractivity contribution < 1.29 is 0 Å². The molecule has 8 heavy (non-hydrogen) atoms. The summed E-state index contributed by atoms with van der Waals surface area (Å²) in [6.45, 7) is 4.91. The number of nitrogens with zero attached hydrogens (tertiary/aromatic N) is 2. The number of hydrogen-bond acceptors (Lipinski definition) is 2. The second-order valence-corrected chi connectivity index (χ2v) is 2.07. The number of aliphatic imine (C=N–C) groups is 1. The number of likely N-dealkylation sites (N-methyl/N-ethyl adjacent to an activating group) is 1. The minimum absolute atomic E-state index is 0.674. The van der Waals surface area contributed by atoms with E-state index < -0.39 is 0 Å². The molecule has 0 saturated heterocycles. The molecule has 0 unspecified atom stereocenters. The first-order chi connectivity index (χ1) is 3.84. The van der Waals surface area contributed by atoms with Crippen molar-refractivity contribution in [2.24, 2.45) is 4.99 Å². The molecule has 0 amide bonds. The minimum atomic E-state index is 0.674. The summed E-state index contributed by atoms with van der Waals surface area (Å²) >= 11 is 5.65. The van der Waals surface area contributed by atoms with Crippen molar-refractivity contribution in [1.29, 1.82) is 0 Å². The highest BCUT2D eigenvalue weighted by molar-refractivity contribution is 6.64. The van der Waals surface area contributed by atoms with Gasteiger partial charge in [-0.05, 0) is 18.5 Å². The number of halogens is 1. The standard InChI is InChI=1S/C5H9ClN2/c1-2-8-4-3-7-5(8)6/h2-4H2,1H3. The predicted molar refractivity (Wildman–Crippen MR) is 35.4 cm³/mol. The van der Waals surface area contributed by atoms with Gasteiger partial charge in [-0.2, -0.15) is 0 Å². The zero-order valence-electron chi connectivity index (χ0n) is 4.89. The number of hydrogen-bond donors (Lipinski definition) is 0. The smallest absolute Gasteiger partial charge is 0.193 e. The van der Waals surface area contributed by atoms with Gasteiger partial charge < -0.3 is 4.90 Å². The highest BCUT2D eigenvalue weighted by Gasteiger charge is 2.10. The lowest BCUT2D eigenvalue weighted by Crippen LogP contribution is -2.23. The van der Waals surface area contributed by atoms with Gasteiger partial charge in [0.1, 0.15) is 0 Å². The first kappa shape index (κ1) is 5.89. The lowest BCUT2D eigenvalue weighted by atomic mass is 10.6. The molecule has 0 bridgehead atoms. The van der Waals surface area contributed by atoms with Crippen LogP contribution in [0.2, 0.25) is 0 Å². The maximum absolute atomic E-state index is 5.65. The van der Waals surface area contributed by atoms with Crippen LogP contribution in [0.25, 0.3) is 0 Å². The zero-order chi connectivity index (χ0) is 5.98. The molecule has 46 valence electrons. The number of rotatable bonds is 1. The van der Waals surface area contributed by atoms with Crippen LogP contribution in [0.15, 0.2) is 4.99 Å². The summed E-state index contributed by atoms with van der Waals surface area (Å²) in [4.78, 5) is 6.04. The van der Waals surface area contributed by atoms with Crippen molar-refractivity contribution in [2.75, 3.05) is 19.6 Å². The maximum atomic E-state index is 5.65. The molecular formula is C5H9ClN2. The molecule has 0 aliphatic carbocycles. The van der Waals surface area contributed by atoms with Gasteiger partial charge in [0.05, 0.1) is 6.54 Å². The molecule has 0 N–H and O–H groups in total. The SMILES string of the molecule is CCN1CCN=C1Cl. The Kier molecular flexibility index (Phi) is 1.73. The van der Waals surface area contributed by atoms with Gasteiger partial charge >= 0.3 is 0 Å². The fraction of sp³-hybridized carbons (Fsp3) is 0.800. The molecule has 1 aliphatic rings. The van der Waals surface area contributed by atoms with Crippen LogP contribution < -0.4 is 0 Å². The zero-order valence-corrected chi connectivity index (χ0v) is 5.65. The first-order valence-corrected chi connectivity index (χ1v) is 3.17. The molecule has 1 aliphatic heterocycles. The van der Waals surface area contributed by atoms with Crippen LogP contribution in [0, 0.1) is 0 Å². The summed E-state index contributed by atoms with van der Waals surface area (Å²) in [7, 11) is 0. The monoisotopic (exact) mass is 132 g/mol. The third-order valence-corrected chi connectivity index (χ3v) is 1.61. The Morgan fingerprint density at radius 3 is 2.88 bits per heavy atom. The van der Waals surface area contributed by atoms with E-state index in [1.165, 1.54) is 0 Å². The molecule has 0 saturated carbocycles. The van der Waals surface area contributed by atoms with Gasteiger partial charge in [-0.15, -0.1) is 0 Å². The Morgan fingerprint density at radius 1 is 1.88 bits per heavy atom. The third-order valence-electron chi connectivity index (χ3n) is 1.25. The van der Waals surface area contributed by atoms with Gasteiger partial charge in [-0.3, -0.25) is 4.99 Å². The summed E-state index contributed by atoms with van der Waals surface area (Å²) in [5.74, 6) is 0. The molecule has 2 nitrogen and oxygen atoms in total. The van der Waals surface area contributed by atoms with Crippen LogP contribution in [0.1, 0.15) is 6.92 Å². The van der Waals surface area contributed by atoms with E-state index >= 15 is 0 Å². The Bertz CT molecular complexity index is 111. The number of amidine groups is 1. The molecule has 1 heterocycles. The second-order valence-electron chi connectivity index (χ2n) is 1.73. The van der Waals surface area contributed by atoms with E-state index in [-0.39, 0.29) is 0 Å². The predicted octanol–water partition coefficient (Wildman–Crippen LogP) is 0.917. The fourth-order valence-electron chi connectivity index (χ4n) is 0.744. The molecule has 3 heteroatoms. The van der Waals surface area contributed by atoms with Crippen molar-refractivity contribution in [3.05, 3.63) is 0 Å². The van der Waals surface area contributed by atoms with Gasteiger partial charge in [0, 0.05) is 13.1 Å². The molecule has 0 fully saturated rings. The summed E-state index contributed by atoms with van der Waals surface area (Å²) in [5.41, 5.74) is 0. The molecule has 0 atom stereocenters. The van der Waals surface area contributed by atoms with Gasteiger partial charge in [0.2, 0.25) is 0 Å². The van der Waals surface area contributed by atoms with E-state index in [4.69, 9.17) is 11.6 Å². The van der Waals surface area contributed by atoms with E-state index in [1.807, 2.05) is 4.90 Å². The molecule has 1 rings (SSSR count). The topological polar surface area (TPSA) is 15.6 Å². The quantitative estimate of drug-likeness (QED) is 0.485. The van der Waals surface area contributed by atoms with Gasteiger partial charge in [-0.1, -0.05) is 0 Å². The summed E-state index contributed by atoms with van der Waals surface area (Å²) in [6, 6.07) is 0. The first-order valence-electron chi connectivity index (χ1n) is 2.79. The fourth-order valence-corrected chi connectivity index (χ4v) is 1.03. The van der Waals surface area contributed by atoms with Crippen LogP contribution in [-0.2, 0) is 0 Å². The molecule has 0 aromatic carbocycles. The van der Waals surface area contributed by atoms with Crippen LogP contribution in [0.4, 0.5) is 0 Å². The second kappa shape index (κ2) is 2.35. The maximum Gasteiger partial charge on any atom is 0.193 e. The van der Waals surface area contributed by atoms with E-state index in [0.717, 1.165) is 19.6 Å². The Morgan fingerprint density at radius 2 is 2.62 bits per heavy atom. The largest absolute Gasteiger partial charge is 0.346 e. The summed E-state index contributed by atoms with van der Waals surface area (Å²) in [5, 5.41) is 0.674. The highest BCUT2D eigenvalue weighted by atomic mass is 35.5. The lowest BCUT2D eigenvalue weighted by molar-refractivity contribution is 0.490. The van der Waals surface area contributed by atoms with Crippen LogP contribution >= 0.6 is 11.6 Å². The lowest BCUT2D eigenvalue weighted by Gasteiger charge is -2.11. The highest BCUT2D eigenvalue weighted by Crippen LogP contribution is 2.02. The molecule has 0 aromatic heterocycles. The van der Waals surface area contributed by atoms with E-state index in [9.17, 15) is 0 Å². The van der Waals surface area contributed by atoms with Crippen LogP contribution in [-0.4, -0.2) is 29.8 Å². The molecule has 0 radical (unpaired) electrons. The van der Waals surface area contributed by atoms with Crippen molar-refractivity contribution in [1.82, 2.24) is 4.90 Å². The van der Waals surface area contributed by atoms with Crippen molar-refractivity contribution in [3.8, 4) is 0 Å². The minimum Gasteiger partial charge on any atom is -0.346 e. The Balaban J connectivity index is 2.46. The van der Waals surface area contributed by atoms with E-state index in [0.29, 0.717) is 5.29 Å². The van der Waals surface area contributed by atoms with E-state index in [2.05, 4.69) is 11.9 Å². The van der Waals surface area contributed by atoms with Gasteiger partial charge in [0.25, 0.3) is 0 Å². The van der Waals surface area contributed by atoms with Crippen molar-refractivity contribution in [3.63, 3.8) is 0 Å². The summed E-state index contributed by atoms with van der Waals surface area (Å²) < 4.78 is 0. The third kappa shape index (κ3) is 0.944. The normalized spacial score (nSPS) is 19.2. The Hall–Kier alpha value is -0.240. The van der Waals surface area contributed by atoms with Gasteiger partial charge in [0.15, 0.2) is 5.29 Å². The van der Waals surface area contributed by atoms with Crippen LogP contribution in [0.3, 0.4) is 0 Å². The van der Waals surface area contributed by atoms with Crippen molar-refractivity contribution in [2.45, 2.75) is 6.92 Å². The average Bonchev–Trinajstić information content (AvgIpc) is 2.14. The van der Waals surface area contributed by atoms with Crippen LogP contribution in [0.5, 0.6) is 0 Å². The molecule has 0 spiro atoms. The summed E-state index contributed by atoms with van der Waals surface area (Å²) in [6.07, 6.45) is 0. The van der Waals surface area contributed by atoms with Gasteiger partial charge in [-0.25, -0.2) is 0 Å². The average molecular weight is 133 g/mol. The van der Waals surface area contributed by atoms with E-state index in [1.54, 1.807) is 0 Å².